The van der Waals surface area contributed by atoms with Gasteiger partial charge in [0.25, 0.3) is 0 Å². The third kappa shape index (κ3) is 4.03. The van der Waals surface area contributed by atoms with Gasteiger partial charge in [0.1, 0.15) is 22.7 Å². The summed E-state index contributed by atoms with van der Waals surface area (Å²) in [6.45, 7) is 10.8. The minimum atomic E-state index is -0.312. The van der Waals surface area contributed by atoms with Gasteiger partial charge in [-0.3, -0.25) is 9.47 Å². The zero-order valence-electron chi connectivity index (χ0n) is 20.8. The van der Waals surface area contributed by atoms with Gasteiger partial charge in [-0.05, 0) is 45.4 Å². The highest BCUT2D eigenvalue weighted by molar-refractivity contribution is 5.84. The first kappa shape index (κ1) is 23.8. The molecule has 1 fully saturated rings. The first-order valence-electron chi connectivity index (χ1n) is 11.8. The minimum absolute atomic E-state index is 0.123. The maximum Gasteiger partial charge on any atom is 0.350 e. The number of hydrogen-bond donors (Lipinski definition) is 0. The van der Waals surface area contributed by atoms with E-state index in [4.69, 9.17) is 9.72 Å². The van der Waals surface area contributed by atoms with Crippen LogP contribution in [0.25, 0.3) is 11.2 Å². The second-order valence-corrected chi connectivity index (χ2v) is 9.06. The number of nitriles is 1. The highest BCUT2D eigenvalue weighted by Crippen LogP contribution is 2.32. The molecule has 34 heavy (non-hydrogen) atoms. The molecule has 0 spiro atoms. The van der Waals surface area contributed by atoms with Gasteiger partial charge in [-0.1, -0.05) is 12.1 Å². The van der Waals surface area contributed by atoms with Gasteiger partial charge in [0.05, 0.1) is 19.6 Å². The zero-order valence-corrected chi connectivity index (χ0v) is 20.8. The molecule has 180 valence electrons. The number of imidazole rings is 1. The molecule has 1 aliphatic rings. The number of ether oxygens (including phenoxy) is 1. The molecule has 3 heterocycles. The molecule has 2 aromatic heterocycles. The number of benzene rings is 1. The first-order valence-corrected chi connectivity index (χ1v) is 11.8. The maximum atomic E-state index is 12.8. The summed E-state index contributed by atoms with van der Waals surface area (Å²) in [6.07, 6.45) is 0.188. The monoisotopic (exact) mass is 463 g/mol. The second-order valence-electron chi connectivity index (χ2n) is 9.06. The van der Waals surface area contributed by atoms with Crippen LogP contribution in [-0.2, 0) is 20.0 Å². The average molecular weight is 464 g/mol. The number of methoxy groups -OCH3 is 1. The molecule has 0 saturated carbocycles. The van der Waals surface area contributed by atoms with Crippen molar-refractivity contribution in [2.24, 2.45) is 7.05 Å². The summed E-state index contributed by atoms with van der Waals surface area (Å²) in [6, 6.07) is 11.0. The molecule has 0 amide bonds. The van der Waals surface area contributed by atoms with E-state index in [0.29, 0.717) is 23.7 Å². The smallest absolute Gasteiger partial charge is 0.350 e. The molecular formula is C25H33N7O2. The molecule has 0 aliphatic carbocycles. The SMILES string of the molecule is CCn1c(CC#N)nc2c(N3C[C@@H](C)N(C(C)c4cccc(OC)c4)C[C@@H]3C)nc(=O)n(C)c21. The van der Waals surface area contributed by atoms with Crippen LogP contribution < -0.4 is 15.3 Å². The highest BCUT2D eigenvalue weighted by Gasteiger charge is 2.35. The lowest BCUT2D eigenvalue weighted by atomic mass is 10.0. The van der Waals surface area contributed by atoms with Crippen LogP contribution in [0.3, 0.4) is 0 Å². The van der Waals surface area contributed by atoms with E-state index < -0.39 is 0 Å². The van der Waals surface area contributed by atoms with Gasteiger partial charge in [0, 0.05) is 44.8 Å². The van der Waals surface area contributed by atoms with Crippen molar-refractivity contribution in [3.05, 3.63) is 46.1 Å². The molecule has 9 nitrogen and oxygen atoms in total. The van der Waals surface area contributed by atoms with Gasteiger partial charge in [-0.25, -0.2) is 9.78 Å². The zero-order chi connectivity index (χ0) is 24.6. The van der Waals surface area contributed by atoms with E-state index in [-0.39, 0.29) is 30.2 Å². The lowest BCUT2D eigenvalue weighted by Gasteiger charge is -2.47. The van der Waals surface area contributed by atoms with E-state index >= 15 is 0 Å². The van der Waals surface area contributed by atoms with Crippen molar-refractivity contribution in [1.29, 1.82) is 5.26 Å². The summed E-state index contributed by atoms with van der Waals surface area (Å²) in [5.74, 6) is 2.13. The number of hydrogen-bond acceptors (Lipinski definition) is 7. The first-order chi connectivity index (χ1) is 16.3. The number of rotatable bonds is 6. The maximum absolute atomic E-state index is 12.8. The fourth-order valence-electron chi connectivity index (χ4n) is 5.11. The Labute approximate surface area is 200 Å². The van der Waals surface area contributed by atoms with E-state index in [1.807, 2.05) is 23.6 Å². The van der Waals surface area contributed by atoms with Crippen molar-refractivity contribution < 1.29 is 4.74 Å². The Morgan fingerprint density at radius 2 is 2.00 bits per heavy atom. The van der Waals surface area contributed by atoms with Crippen molar-refractivity contribution >= 4 is 17.0 Å². The molecule has 3 atom stereocenters. The molecule has 0 radical (unpaired) electrons. The van der Waals surface area contributed by atoms with Crippen LogP contribution in [0.2, 0.25) is 0 Å². The predicted octanol–water partition coefficient (Wildman–Crippen LogP) is 2.88. The summed E-state index contributed by atoms with van der Waals surface area (Å²) in [4.78, 5) is 26.7. The molecule has 1 aliphatic heterocycles. The van der Waals surface area contributed by atoms with E-state index in [9.17, 15) is 10.1 Å². The molecule has 1 saturated heterocycles. The molecule has 1 aromatic carbocycles. The van der Waals surface area contributed by atoms with Gasteiger partial charge in [0.2, 0.25) is 0 Å². The van der Waals surface area contributed by atoms with E-state index in [1.54, 1.807) is 14.2 Å². The van der Waals surface area contributed by atoms with Crippen molar-refractivity contribution in [1.82, 2.24) is 24.0 Å². The summed E-state index contributed by atoms with van der Waals surface area (Å²) in [5, 5.41) is 9.28. The van der Waals surface area contributed by atoms with Gasteiger partial charge in [-0.2, -0.15) is 10.2 Å². The van der Waals surface area contributed by atoms with Gasteiger partial charge < -0.3 is 14.2 Å². The van der Waals surface area contributed by atoms with Crippen LogP contribution in [0.5, 0.6) is 5.75 Å². The summed E-state index contributed by atoms with van der Waals surface area (Å²) < 4.78 is 8.90. The van der Waals surface area contributed by atoms with Gasteiger partial charge in [0.15, 0.2) is 5.82 Å². The average Bonchev–Trinajstić information content (AvgIpc) is 3.21. The highest BCUT2D eigenvalue weighted by atomic mass is 16.5. The molecule has 3 aromatic rings. The Kier molecular flexibility index (Phi) is 6.62. The predicted molar refractivity (Wildman–Crippen MR) is 132 cm³/mol. The van der Waals surface area contributed by atoms with E-state index in [2.05, 4.69) is 53.8 Å². The topological polar surface area (TPSA) is 92.2 Å². The van der Waals surface area contributed by atoms with Crippen molar-refractivity contribution in [2.45, 2.75) is 58.8 Å². The summed E-state index contributed by atoms with van der Waals surface area (Å²) in [7, 11) is 3.40. The summed E-state index contributed by atoms with van der Waals surface area (Å²) >= 11 is 0. The number of fused-ring (bicyclic) bond motifs is 1. The summed E-state index contributed by atoms with van der Waals surface area (Å²) in [5.41, 5.74) is 2.30. The van der Waals surface area contributed by atoms with Crippen LogP contribution in [-0.4, -0.2) is 56.3 Å². The molecule has 4 rings (SSSR count). The van der Waals surface area contributed by atoms with Gasteiger partial charge in [-0.15, -0.1) is 0 Å². The van der Waals surface area contributed by atoms with Crippen molar-refractivity contribution in [2.75, 3.05) is 25.1 Å². The third-order valence-corrected chi connectivity index (χ3v) is 6.97. The van der Waals surface area contributed by atoms with E-state index in [1.165, 1.54) is 10.1 Å². The largest absolute Gasteiger partial charge is 0.497 e. The standard InChI is InChI=1S/C25H33N7O2/c1-7-30-21(11-12-26)27-22-23(28-25(33)29(5)24(22)30)32-15-16(2)31(14-17(32)3)18(4)19-9-8-10-20(13-19)34-6/h8-10,13,16-18H,7,11,14-15H2,1-6H3/t16-,17+,18?/m1/s1. The Morgan fingerprint density at radius 3 is 2.68 bits per heavy atom. The lowest BCUT2D eigenvalue weighted by molar-refractivity contribution is 0.119. The van der Waals surface area contributed by atoms with E-state index in [0.717, 1.165) is 24.5 Å². The molecule has 0 bridgehead atoms. The number of anilines is 1. The molecule has 0 N–H and O–H groups in total. The van der Waals surface area contributed by atoms with Crippen LogP contribution in [0.4, 0.5) is 5.82 Å². The Balaban J connectivity index is 1.70. The van der Waals surface area contributed by atoms with Crippen LogP contribution >= 0.6 is 0 Å². The molecular weight excluding hydrogens is 430 g/mol. The normalized spacial score (nSPS) is 19.9. The molecule has 1 unspecified atom stereocenters. The number of aromatic nitrogens is 4. The number of aryl methyl sites for hydroxylation is 2. The van der Waals surface area contributed by atoms with Gasteiger partial charge >= 0.3 is 5.69 Å². The second kappa shape index (κ2) is 9.47. The fraction of sp³-hybridized carbons (Fsp3) is 0.520. The van der Waals surface area contributed by atoms with Crippen molar-refractivity contribution in [3.63, 3.8) is 0 Å². The number of piperazine rings is 1. The lowest BCUT2D eigenvalue weighted by Crippen LogP contribution is -2.57. The van der Waals surface area contributed by atoms with Crippen LogP contribution in [0.15, 0.2) is 29.1 Å². The van der Waals surface area contributed by atoms with Crippen LogP contribution in [0, 0.1) is 11.3 Å². The van der Waals surface area contributed by atoms with Crippen LogP contribution in [0.1, 0.15) is 45.1 Å². The minimum Gasteiger partial charge on any atom is -0.497 e. The Bertz CT molecular complexity index is 1290. The van der Waals surface area contributed by atoms with Crippen molar-refractivity contribution in [3.8, 4) is 11.8 Å². The Morgan fingerprint density at radius 1 is 1.24 bits per heavy atom. The number of nitrogens with zero attached hydrogens (tertiary/aromatic N) is 7. The Hall–Kier alpha value is -3.38. The third-order valence-electron chi connectivity index (χ3n) is 6.97. The fourth-order valence-corrected chi connectivity index (χ4v) is 5.11. The molecule has 9 heteroatoms. The quantitative estimate of drug-likeness (QED) is 0.555.